The molecule has 0 saturated carbocycles. The Kier molecular flexibility index (Phi) is 13.2. The molecule has 0 rings (SSSR count). The third-order valence-corrected chi connectivity index (χ3v) is 3.56. The lowest BCUT2D eigenvalue weighted by atomic mass is 10.0. The van der Waals surface area contributed by atoms with Gasteiger partial charge in [-0.15, -0.1) is 0 Å². The van der Waals surface area contributed by atoms with Gasteiger partial charge in [-0.1, -0.05) is 71.1 Å². The lowest BCUT2D eigenvalue weighted by molar-refractivity contribution is 0.0990. The van der Waals surface area contributed by atoms with Gasteiger partial charge in [0.25, 0.3) is 0 Å². The maximum Gasteiger partial charge on any atom is 0.0713 e. The summed E-state index contributed by atoms with van der Waals surface area (Å²) in [5.74, 6) is 0. The van der Waals surface area contributed by atoms with Crippen LogP contribution < -0.4 is 5.73 Å². The van der Waals surface area contributed by atoms with Crippen molar-refractivity contribution in [3.63, 3.8) is 0 Å². The van der Waals surface area contributed by atoms with E-state index < -0.39 is 12.1 Å². The van der Waals surface area contributed by atoms with E-state index in [1.54, 1.807) is 0 Å². The van der Waals surface area contributed by atoms with Crippen LogP contribution in [0.1, 0.15) is 77.6 Å². The number of aliphatic hydroxyl groups excluding tert-OH is 2. The number of hydrogen-bond acceptors (Lipinski definition) is 3. The topological polar surface area (TPSA) is 66.5 Å². The summed E-state index contributed by atoms with van der Waals surface area (Å²) >= 11 is 0. The van der Waals surface area contributed by atoms with Crippen LogP contribution in [0.5, 0.6) is 0 Å². The highest BCUT2D eigenvalue weighted by Crippen LogP contribution is 2.12. The molecule has 0 aromatic rings. The summed E-state index contributed by atoms with van der Waals surface area (Å²) in [4.78, 5) is 0. The molecule has 0 amide bonds. The van der Waals surface area contributed by atoms with E-state index in [2.05, 4.69) is 6.92 Å². The summed E-state index contributed by atoms with van der Waals surface area (Å²) < 4.78 is 0. The van der Waals surface area contributed by atoms with Crippen molar-refractivity contribution in [1.29, 1.82) is 0 Å². The van der Waals surface area contributed by atoms with E-state index in [0.717, 1.165) is 12.8 Å². The Labute approximate surface area is 113 Å². The zero-order chi connectivity index (χ0) is 13.6. The van der Waals surface area contributed by atoms with Crippen LogP contribution in [0, 0.1) is 0 Å². The van der Waals surface area contributed by atoms with Crippen molar-refractivity contribution in [2.24, 2.45) is 5.73 Å². The van der Waals surface area contributed by atoms with E-state index in [-0.39, 0.29) is 6.61 Å². The van der Waals surface area contributed by atoms with Crippen LogP contribution in [0.15, 0.2) is 0 Å². The van der Waals surface area contributed by atoms with Gasteiger partial charge in [0.15, 0.2) is 0 Å². The molecule has 18 heavy (non-hydrogen) atoms. The molecule has 0 heterocycles. The quantitative estimate of drug-likeness (QED) is 0.445. The van der Waals surface area contributed by atoms with Gasteiger partial charge in [-0.2, -0.15) is 0 Å². The lowest BCUT2D eigenvalue weighted by Gasteiger charge is -2.15. The number of unbranched alkanes of at least 4 members (excludes halogenated alkanes) is 9. The predicted octanol–water partition coefficient (Wildman–Crippen LogP) is 2.98. The molecule has 1 unspecified atom stereocenters. The minimum absolute atomic E-state index is 0.126. The highest BCUT2D eigenvalue weighted by molar-refractivity contribution is 4.70. The number of nitrogens with two attached hydrogens (primary N) is 1. The van der Waals surface area contributed by atoms with Crippen molar-refractivity contribution >= 4 is 0 Å². The van der Waals surface area contributed by atoms with Crippen molar-refractivity contribution in [3.8, 4) is 0 Å². The monoisotopic (exact) mass is 259 g/mol. The summed E-state index contributed by atoms with van der Waals surface area (Å²) in [6.07, 6.45) is 13.1. The zero-order valence-corrected chi connectivity index (χ0v) is 12.1. The molecule has 2 atom stereocenters. The number of hydrogen-bond donors (Lipinski definition) is 3. The SMILES string of the molecule is CCCCCCCCCCCCC(O)[C@@H](N)CO. The van der Waals surface area contributed by atoms with Crippen molar-refractivity contribution in [3.05, 3.63) is 0 Å². The lowest BCUT2D eigenvalue weighted by Crippen LogP contribution is -2.37. The fraction of sp³-hybridized carbons (Fsp3) is 1.00. The first-order valence-corrected chi connectivity index (χ1v) is 7.76. The summed E-state index contributed by atoms with van der Waals surface area (Å²) in [6.45, 7) is 2.12. The molecule has 0 aliphatic rings. The Morgan fingerprint density at radius 3 is 1.72 bits per heavy atom. The Bertz CT molecular complexity index is 165. The maximum absolute atomic E-state index is 9.56. The van der Waals surface area contributed by atoms with E-state index in [1.807, 2.05) is 0 Å². The van der Waals surface area contributed by atoms with Gasteiger partial charge in [-0.25, -0.2) is 0 Å². The molecule has 0 aromatic heterocycles. The van der Waals surface area contributed by atoms with Crippen molar-refractivity contribution in [1.82, 2.24) is 0 Å². The minimum atomic E-state index is -0.538. The van der Waals surface area contributed by atoms with Gasteiger partial charge >= 0.3 is 0 Å². The van der Waals surface area contributed by atoms with E-state index in [4.69, 9.17) is 10.8 Å². The third-order valence-electron chi connectivity index (χ3n) is 3.56. The minimum Gasteiger partial charge on any atom is -0.395 e. The second-order valence-corrected chi connectivity index (χ2v) is 5.38. The van der Waals surface area contributed by atoms with Crippen LogP contribution in [0.3, 0.4) is 0 Å². The molecule has 0 aliphatic carbocycles. The van der Waals surface area contributed by atoms with Crippen LogP contribution in [0.4, 0.5) is 0 Å². The molecule has 0 aliphatic heterocycles. The second kappa shape index (κ2) is 13.3. The molecular weight excluding hydrogens is 226 g/mol. The molecule has 0 aromatic carbocycles. The second-order valence-electron chi connectivity index (χ2n) is 5.38. The molecule has 3 heteroatoms. The molecule has 0 radical (unpaired) electrons. The molecule has 0 saturated heterocycles. The predicted molar refractivity (Wildman–Crippen MR) is 77.5 cm³/mol. The summed E-state index contributed by atoms with van der Waals surface area (Å²) in [7, 11) is 0. The van der Waals surface area contributed by atoms with Crippen LogP contribution in [0.2, 0.25) is 0 Å². The highest BCUT2D eigenvalue weighted by Gasteiger charge is 2.12. The average Bonchev–Trinajstić information content (AvgIpc) is 2.39. The van der Waals surface area contributed by atoms with E-state index >= 15 is 0 Å². The van der Waals surface area contributed by atoms with Gasteiger partial charge in [-0.05, 0) is 6.42 Å². The van der Waals surface area contributed by atoms with E-state index in [9.17, 15) is 5.11 Å². The number of rotatable bonds is 13. The first-order valence-electron chi connectivity index (χ1n) is 7.76. The van der Waals surface area contributed by atoms with Crippen molar-refractivity contribution in [2.45, 2.75) is 89.7 Å². The summed E-state index contributed by atoms with van der Waals surface area (Å²) in [5.41, 5.74) is 5.54. The Morgan fingerprint density at radius 2 is 1.28 bits per heavy atom. The molecule has 110 valence electrons. The average molecular weight is 259 g/mol. The highest BCUT2D eigenvalue weighted by atomic mass is 16.3. The fourth-order valence-corrected chi connectivity index (χ4v) is 2.18. The molecule has 0 spiro atoms. The van der Waals surface area contributed by atoms with E-state index in [1.165, 1.54) is 57.8 Å². The van der Waals surface area contributed by atoms with Gasteiger partial charge in [-0.3, -0.25) is 0 Å². The first-order chi connectivity index (χ1) is 8.72. The van der Waals surface area contributed by atoms with Crippen molar-refractivity contribution in [2.75, 3.05) is 6.61 Å². The van der Waals surface area contributed by atoms with Gasteiger partial charge in [0.2, 0.25) is 0 Å². The third kappa shape index (κ3) is 11.0. The van der Waals surface area contributed by atoms with Gasteiger partial charge in [0.1, 0.15) is 0 Å². The van der Waals surface area contributed by atoms with Gasteiger partial charge < -0.3 is 15.9 Å². The van der Waals surface area contributed by atoms with Crippen molar-refractivity contribution < 1.29 is 10.2 Å². The smallest absolute Gasteiger partial charge is 0.0713 e. The Morgan fingerprint density at radius 1 is 0.833 bits per heavy atom. The zero-order valence-electron chi connectivity index (χ0n) is 12.1. The molecular formula is C15H33NO2. The summed E-state index contributed by atoms with van der Waals surface area (Å²) in [5, 5.41) is 18.3. The largest absolute Gasteiger partial charge is 0.395 e. The van der Waals surface area contributed by atoms with E-state index in [0.29, 0.717) is 0 Å². The molecule has 0 bridgehead atoms. The van der Waals surface area contributed by atoms with Crippen LogP contribution in [-0.4, -0.2) is 29.0 Å². The van der Waals surface area contributed by atoms with Gasteiger partial charge in [0, 0.05) is 0 Å². The van der Waals surface area contributed by atoms with Crippen LogP contribution >= 0.6 is 0 Å². The standard InChI is InChI=1S/C15H33NO2/c1-2-3-4-5-6-7-8-9-10-11-12-15(18)14(16)13-17/h14-15,17-18H,2-13,16H2,1H3/t14-,15?/m0/s1. The normalized spacial score (nSPS) is 14.7. The number of aliphatic hydroxyl groups is 2. The molecule has 0 fully saturated rings. The maximum atomic E-state index is 9.56. The van der Waals surface area contributed by atoms with Crippen LogP contribution in [-0.2, 0) is 0 Å². The Balaban J connectivity index is 3.11. The molecule has 3 nitrogen and oxygen atoms in total. The summed E-state index contributed by atoms with van der Waals surface area (Å²) in [6, 6.07) is -0.469. The Hall–Kier alpha value is -0.120. The molecule has 4 N–H and O–H groups in total. The first kappa shape index (κ1) is 17.9. The van der Waals surface area contributed by atoms with Gasteiger partial charge in [0.05, 0.1) is 18.8 Å². The fourth-order valence-electron chi connectivity index (χ4n) is 2.18. The van der Waals surface area contributed by atoms with Crippen LogP contribution in [0.25, 0.3) is 0 Å².